The number of hydrogen-bond acceptors (Lipinski definition) is 4. The molecule has 0 heterocycles. The minimum Gasteiger partial charge on any atom is -0.410 e. The number of rotatable bonds is 3. The molecule has 0 aromatic heterocycles. The number of benzene rings is 1. The van der Waals surface area contributed by atoms with Crippen molar-refractivity contribution in [3.05, 3.63) is 24.3 Å². The summed E-state index contributed by atoms with van der Waals surface area (Å²) in [4.78, 5) is 22.5. The maximum Gasteiger partial charge on any atom is 0.412 e. The molecule has 0 aliphatic heterocycles. The number of amides is 2. The lowest BCUT2D eigenvalue weighted by Crippen LogP contribution is -2.35. The third-order valence-electron chi connectivity index (χ3n) is 2.71. The van der Waals surface area contributed by atoms with Crippen molar-refractivity contribution in [1.82, 2.24) is 10.6 Å². The standard InChI is InChI=1S/C13H15N3O3S/c1-14-13(18)19-10-6-4-9(5-7-10)15-12(20)16-11(17)8-2-3-8/h4-8H,2-3H2,1H3,(H,14,18)(H2,15,16,17,20). The maximum atomic E-state index is 11.5. The Morgan fingerprint density at radius 2 is 1.90 bits per heavy atom. The van der Waals surface area contributed by atoms with Gasteiger partial charge in [-0.1, -0.05) is 0 Å². The van der Waals surface area contributed by atoms with Gasteiger partial charge in [-0.2, -0.15) is 0 Å². The largest absolute Gasteiger partial charge is 0.412 e. The third kappa shape index (κ3) is 4.20. The van der Waals surface area contributed by atoms with E-state index in [2.05, 4.69) is 16.0 Å². The molecule has 2 amide bonds. The van der Waals surface area contributed by atoms with Crippen molar-refractivity contribution in [3.63, 3.8) is 0 Å². The molecule has 0 unspecified atom stereocenters. The highest BCUT2D eigenvalue weighted by molar-refractivity contribution is 7.80. The predicted octanol–water partition coefficient (Wildman–Crippen LogP) is 1.63. The first-order valence-corrected chi connectivity index (χ1v) is 6.61. The second-order valence-corrected chi connectivity index (χ2v) is 4.79. The summed E-state index contributed by atoms with van der Waals surface area (Å²) in [5, 5.41) is 8.14. The van der Waals surface area contributed by atoms with Gasteiger partial charge in [0.25, 0.3) is 0 Å². The van der Waals surface area contributed by atoms with Crippen LogP contribution in [-0.4, -0.2) is 24.2 Å². The van der Waals surface area contributed by atoms with Crippen LogP contribution in [-0.2, 0) is 4.79 Å². The van der Waals surface area contributed by atoms with Gasteiger partial charge in [-0.25, -0.2) is 4.79 Å². The molecule has 1 aromatic carbocycles. The van der Waals surface area contributed by atoms with Crippen molar-refractivity contribution >= 4 is 35.0 Å². The molecule has 20 heavy (non-hydrogen) atoms. The lowest BCUT2D eigenvalue weighted by Gasteiger charge is -2.09. The number of anilines is 1. The van der Waals surface area contributed by atoms with E-state index in [0.717, 1.165) is 12.8 Å². The summed E-state index contributed by atoms with van der Waals surface area (Å²) in [5.74, 6) is 0.489. The number of nitrogens with one attached hydrogen (secondary N) is 3. The highest BCUT2D eigenvalue weighted by atomic mass is 32.1. The summed E-state index contributed by atoms with van der Waals surface area (Å²) in [7, 11) is 1.49. The van der Waals surface area contributed by atoms with Gasteiger partial charge in [-0.15, -0.1) is 0 Å². The van der Waals surface area contributed by atoms with Crippen LogP contribution in [0.15, 0.2) is 24.3 Å². The molecule has 1 aliphatic rings. The summed E-state index contributed by atoms with van der Waals surface area (Å²) in [6.45, 7) is 0. The molecule has 1 fully saturated rings. The van der Waals surface area contributed by atoms with Gasteiger partial charge in [0, 0.05) is 18.7 Å². The molecule has 6 nitrogen and oxygen atoms in total. The normalized spacial score (nSPS) is 13.2. The first-order valence-electron chi connectivity index (χ1n) is 6.20. The van der Waals surface area contributed by atoms with E-state index in [1.165, 1.54) is 7.05 Å². The fourth-order valence-electron chi connectivity index (χ4n) is 1.49. The summed E-state index contributed by atoms with van der Waals surface area (Å²) in [6, 6.07) is 6.66. The smallest absolute Gasteiger partial charge is 0.410 e. The molecule has 3 N–H and O–H groups in total. The Labute approximate surface area is 121 Å². The number of carbonyl (C=O) groups is 2. The zero-order valence-corrected chi connectivity index (χ0v) is 11.8. The fourth-order valence-corrected chi connectivity index (χ4v) is 1.70. The first kappa shape index (κ1) is 14.3. The molecule has 0 radical (unpaired) electrons. The summed E-state index contributed by atoms with van der Waals surface area (Å²) >= 11 is 5.04. The fraction of sp³-hybridized carbons (Fsp3) is 0.308. The van der Waals surface area contributed by atoms with Crippen molar-refractivity contribution in [3.8, 4) is 5.75 Å². The summed E-state index contributed by atoms with van der Waals surface area (Å²) in [5.41, 5.74) is 0.704. The molecule has 1 aliphatic carbocycles. The lowest BCUT2D eigenvalue weighted by molar-refractivity contribution is -0.120. The van der Waals surface area contributed by atoms with E-state index < -0.39 is 6.09 Å². The molecule has 2 rings (SSSR count). The topological polar surface area (TPSA) is 79.5 Å². The van der Waals surface area contributed by atoms with Crippen LogP contribution < -0.4 is 20.7 Å². The summed E-state index contributed by atoms with van der Waals surface area (Å²) < 4.78 is 4.95. The van der Waals surface area contributed by atoms with Gasteiger partial charge < -0.3 is 20.7 Å². The highest BCUT2D eigenvalue weighted by Gasteiger charge is 2.29. The van der Waals surface area contributed by atoms with Crippen molar-refractivity contribution < 1.29 is 14.3 Å². The van der Waals surface area contributed by atoms with E-state index >= 15 is 0 Å². The molecule has 7 heteroatoms. The maximum absolute atomic E-state index is 11.5. The zero-order valence-electron chi connectivity index (χ0n) is 10.9. The molecule has 1 aromatic rings. The quantitative estimate of drug-likeness (QED) is 0.738. The average molecular weight is 293 g/mol. The van der Waals surface area contributed by atoms with Crippen LogP contribution in [0.5, 0.6) is 5.75 Å². The summed E-state index contributed by atoms with van der Waals surface area (Å²) in [6.07, 6.45) is 1.33. The Morgan fingerprint density at radius 1 is 1.25 bits per heavy atom. The first-order chi connectivity index (χ1) is 9.58. The minimum atomic E-state index is -0.530. The second-order valence-electron chi connectivity index (χ2n) is 4.38. The third-order valence-corrected chi connectivity index (χ3v) is 2.92. The van der Waals surface area contributed by atoms with E-state index in [-0.39, 0.29) is 16.9 Å². The van der Waals surface area contributed by atoms with E-state index in [1.807, 2.05) is 0 Å². The monoisotopic (exact) mass is 293 g/mol. The number of carbonyl (C=O) groups excluding carboxylic acids is 2. The Kier molecular flexibility index (Phi) is 4.52. The van der Waals surface area contributed by atoms with Crippen LogP contribution in [0.2, 0.25) is 0 Å². The molecule has 106 valence electrons. The molecular formula is C13H15N3O3S. The van der Waals surface area contributed by atoms with Gasteiger partial charge in [0.05, 0.1) is 0 Å². The van der Waals surface area contributed by atoms with Crippen molar-refractivity contribution in [2.24, 2.45) is 5.92 Å². The molecule has 0 spiro atoms. The van der Waals surface area contributed by atoms with Gasteiger partial charge in [-0.05, 0) is 49.3 Å². The highest BCUT2D eigenvalue weighted by Crippen LogP contribution is 2.28. The van der Waals surface area contributed by atoms with Gasteiger partial charge >= 0.3 is 6.09 Å². The number of ether oxygens (including phenoxy) is 1. The Hall–Kier alpha value is -2.15. The van der Waals surface area contributed by atoms with Crippen molar-refractivity contribution in [2.45, 2.75) is 12.8 Å². The minimum absolute atomic E-state index is 0.0397. The number of hydrogen-bond donors (Lipinski definition) is 3. The van der Waals surface area contributed by atoms with Crippen LogP contribution in [0.4, 0.5) is 10.5 Å². The SMILES string of the molecule is CNC(=O)Oc1ccc(NC(=S)NC(=O)C2CC2)cc1. The average Bonchev–Trinajstić information content (AvgIpc) is 3.25. The molecule has 0 saturated heterocycles. The van der Waals surface area contributed by atoms with Gasteiger partial charge in [0.2, 0.25) is 5.91 Å². The van der Waals surface area contributed by atoms with E-state index in [9.17, 15) is 9.59 Å². The van der Waals surface area contributed by atoms with Crippen molar-refractivity contribution in [1.29, 1.82) is 0 Å². The Morgan fingerprint density at radius 3 is 2.45 bits per heavy atom. The van der Waals surface area contributed by atoms with Gasteiger partial charge in [-0.3, -0.25) is 4.79 Å². The van der Waals surface area contributed by atoms with Crippen LogP contribution in [0.25, 0.3) is 0 Å². The van der Waals surface area contributed by atoms with Crippen LogP contribution >= 0.6 is 12.2 Å². The predicted molar refractivity (Wildman–Crippen MR) is 78.6 cm³/mol. The van der Waals surface area contributed by atoms with Crippen LogP contribution in [0.1, 0.15) is 12.8 Å². The van der Waals surface area contributed by atoms with Crippen LogP contribution in [0.3, 0.4) is 0 Å². The Bertz CT molecular complexity index is 526. The van der Waals surface area contributed by atoms with E-state index in [0.29, 0.717) is 11.4 Å². The van der Waals surface area contributed by atoms with Crippen LogP contribution in [0, 0.1) is 5.92 Å². The molecule has 0 bridgehead atoms. The zero-order chi connectivity index (χ0) is 14.5. The lowest BCUT2D eigenvalue weighted by atomic mass is 10.3. The molecule has 0 atom stereocenters. The number of thiocarbonyl (C=S) groups is 1. The molecular weight excluding hydrogens is 278 g/mol. The second kappa shape index (κ2) is 6.33. The van der Waals surface area contributed by atoms with Gasteiger partial charge in [0.1, 0.15) is 5.75 Å². The van der Waals surface area contributed by atoms with Gasteiger partial charge in [0.15, 0.2) is 5.11 Å². The van der Waals surface area contributed by atoms with E-state index in [4.69, 9.17) is 17.0 Å². The Balaban J connectivity index is 1.84. The molecule has 1 saturated carbocycles. The van der Waals surface area contributed by atoms with E-state index in [1.54, 1.807) is 24.3 Å². The van der Waals surface area contributed by atoms with Crippen molar-refractivity contribution in [2.75, 3.05) is 12.4 Å².